The maximum Gasteiger partial charge on any atom is 0.228 e. The van der Waals surface area contributed by atoms with E-state index in [0.29, 0.717) is 11.8 Å². The molecule has 2 atom stereocenters. The Labute approximate surface area is 141 Å². The number of nitrogens with one attached hydrogen (secondary N) is 1. The van der Waals surface area contributed by atoms with E-state index in [9.17, 15) is 0 Å². The van der Waals surface area contributed by atoms with E-state index in [1.807, 2.05) is 12.1 Å². The molecule has 2 heterocycles. The van der Waals surface area contributed by atoms with Gasteiger partial charge in [-0.1, -0.05) is 30.3 Å². The van der Waals surface area contributed by atoms with Crippen molar-refractivity contribution in [1.82, 2.24) is 10.3 Å². The van der Waals surface area contributed by atoms with Gasteiger partial charge in [-0.2, -0.15) is 0 Å². The lowest BCUT2D eigenvalue weighted by molar-refractivity contribution is 0.137. The third-order valence-corrected chi connectivity index (χ3v) is 4.67. The topological polar surface area (TPSA) is 34.1 Å². The minimum Gasteiger partial charge on any atom is -0.468 e. The second kappa shape index (κ2) is 6.90. The summed E-state index contributed by atoms with van der Waals surface area (Å²) in [6.45, 7) is 2.03. The van der Waals surface area contributed by atoms with Crippen molar-refractivity contribution in [2.75, 3.05) is 13.1 Å². The summed E-state index contributed by atoms with van der Waals surface area (Å²) in [7, 11) is 0. The molecule has 1 aromatic carbocycles. The molecule has 0 amide bonds. The molecule has 1 unspecified atom stereocenters. The third kappa shape index (κ3) is 3.65. The molecule has 1 aliphatic rings. The quantitative estimate of drug-likeness (QED) is 0.812. The van der Waals surface area contributed by atoms with Crippen LogP contribution in [0.1, 0.15) is 18.1 Å². The first-order chi connectivity index (χ1) is 10.2. The van der Waals surface area contributed by atoms with Gasteiger partial charge in [-0.25, -0.2) is 4.98 Å². The van der Waals surface area contributed by atoms with E-state index in [0.717, 1.165) is 28.5 Å². The van der Waals surface area contributed by atoms with Crippen LogP contribution in [0.2, 0.25) is 0 Å². The lowest BCUT2D eigenvalue weighted by Crippen LogP contribution is -2.21. The standard InChI is InChI=1S/C16H16Br2N2O/c17-13-8-14(18)16(20-10-13)21-15(12-6-7-19-9-12)11-4-2-1-3-5-11/h1-5,8,10,12,15,19H,6-7,9H2/t12-,15?/m0/s1. The van der Waals surface area contributed by atoms with Crippen molar-refractivity contribution in [1.29, 1.82) is 0 Å². The van der Waals surface area contributed by atoms with Crippen LogP contribution in [0.15, 0.2) is 51.5 Å². The van der Waals surface area contributed by atoms with Gasteiger partial charge in [0.25, 0.3) is 0 Å². The highest BCUT2D eigenvalue weighted by atomic mass is 79.9. The predicted octanol–water partition coefficient (Wildman–Crippen LogP) is 4.34. The molecule has 110 valence electrons. The number of nitrogens with zero attached hydrogens (tertiary/aromatic N) is 1. The molecule has 1 aromatic heterocycles. The van der Waals surface area contributed by atoms with Crippen LogP contribution in [-0.2, 0) is 0 Å². The number of rotatable bonds is 4. The molecule has 1 aliphatic heterocycles. The van der Waals surface area contributed by atoms with Crippen LogP contribution >= 0.6 is 31.9 Å². The molecule has 0 spiro atoms. The molecule has 5 heteroatoms. The zero-order valence-corrected chi connectivity index (χ0v) is 14.6. The Kier molecular flexibility index (Phi) is 4.93. The van der Waals surface area contributed by atoms with Gasteiger partial charge in [0.15, 0.2) is 0 Å². The molecule has 0 saturated carbocycles. The number of hydrogen-bond acceptors (Lipinski definition) is 3. The van der Waals surface area contributed by atoms with Gasteiger partial charge in [0.2, 0.25) is 5.88 Å². The lowest BCUT2D eigenvalue weighted by atomic mass is 9.95. The van der Waals surface area contributed by atoms with E-state index >= 15 is 0 Å². The molecule has 21 heavy (non-hydrogen) atoms. The van der Waals surface area contributed by atoms with Gasteiger partial charge in [-0.05, 0) is 56.5 Å². The summed E-state index contributed by atoms with van der Waals surface area (Å²) < 4.78 is 8.05. The highest BCUT2D eigenvalue weighted by Crippen LogP contribution is 2.34. The van der Waals surface area contributed by atoms with Gasteiger partial charge >= 0.3 is 0 Å². The number of halogens is 2. The van der Waals surface area contributed by atoms with E-state index in [4.69, 9.17) is 4.74 Å². The van der Waals surface area contributed by atoms with Crippen LogP contribution in [0.5, 0.6) is 5.88 Å². The Balaban J connectivity index is 1.88. The summed E-state index contributed by atoms with van der Waals surface area (Å²) >= 11 is 6.94. The van der Waals surface area contributed by atoms with Crippen molar-refractivity contribution < 1.29 is 4.74 Å². The number of pyridine rings is 1. The smallest absolute Gasteiger partial charge is 0.228 e. The van der Waals surface area contributed by atoms with Crippen LogP contribution in [-0.4, -0.2) is 18.1 Å². The number of hydrogen-bond donors (Lipinski definition) is 1. The second-order valence-corrected chi connectivity index (χ2v) is 6.91. The van der Waals surface area contributed by atoms with Crippen molar-refractivity contribution in [3.05, 3.63) is 57.1 Å². The van der Waals surface area contributed by atoms with Crippen molar-refractivity contribution in [3.8, 4) is 5.88 Å². The van der Waals surface area contributed by atoms with Crippen molar-refractivity contribution in [2.24, 2.45) is 5.92 Å². The van der Waals surface area contributed by atoms with Crippen molar-refractivity contribution in [3.63, 3.8) is 0 Å². The SMILES string of the molecule is Brc1cnc(OC(c2ccccc2)[C@H]2CCNC2)c(Br)c1. The maximum atomic E-state index is 6.25. The van der Waals surface area contributed by atoms with Crippen LogP contribution in [0.4, 0.5) is 0 Å². The highest BCUT2D eigenvalue weighted by Gasteiger charge is 2.28. The summed E-state index contributed by atoms with van der Waals surface area (Å²) in [5.74, 6) is 1.10. The van der Waals surface area contributed by atoms with E-state index in [1.165, 1.54) is 5.56 Å². The van der Waals surface area contributed by atoms with E-state index in [1.54, 1.807) is 6.20 Å². The van der Waals surface area contributed by atoms with Crippen LogP contribution in [0.3, 0.4) is 0 Å². The predicted molar refractivity (Wildman–Crippen MR) is 90.4 cm³/mol. The largest absolute Gasteiger partial charge is 0.468 e. The van der Waals surface area contributed by atoms with E-state index in [-0.39, 0.29) is 6.10 Å². The number of benzene rings is 1. The monoisotopic (exact) mass is 410 g/mol. The van der Waals surface area contributed by atoms with Crippen molar-refractivity contribution >= 4 is 31.9 Å². The summed E-state index contributed by atoms with van der Waals surface area (Å²) in [5, 5.41) is 3.41. The molecule has 3 rings (SSSR count). The average molecular weight is 412 g/mol. The molecule has 1 N–H and O–H groups in total. The maximum absolute atomic E-state index is 6.25. The number of aromatic nitrogens is 1. The molecule has 2 aromatic rings. The fraction of sp³-hybridized carbons (Fsp3) is 0.312. The first-order valence-electron chi connectivity index (χ1n) is 6.97. The van der Waals surface area contributed by atoms with Crippen molar-refractivity contribution in [2.45, 2.75) is 12.5 Å². The third-order valence-electron chi connectivity index (χ3n) is 3.67. The Morgan fingerprint density at radius 1 is 1.24 bits per heavy atom. The van der Waals surface area contributed by atoms with E-state index < -0.39 is 0 Å². The van der Waals surface area contributed by atoms with Gasteiger partial charge in [0.1, 0.15) is 6.10 Å². The zero-order valence-electron chi connectivity index (χ0n) is 11.4. The highest BCUT2D eigenvalue weighted by molar-refractivity contribution is 9.11. The Hall–Kier alpha value is -0.910. The normalized spacial score (nSPS) is 19.4. The van der Waals surface area contributed by atoms with Crippen LogP contribution in [0, 0.1) is 5.92 Å². The van der Waals surface area contributed by atoms with Gasteiger partial charge in [-0.15, -0.1) is 0 Å². The zero-order chi connectivity index (χ0) is 14.7. The Morgan fingerprint density at radius 2 is 2.05 bits per heavy atom. The minimum absolute atomic E-state index is 0.0196. The van der Waals surface area contributed by atoms with Gasteiger partial charge in [0.05, 0.1) is 4.47 Å². The molecular formula is C16H16Br2N2O. The second-order valence-electron chi connectivity index (χ2n) is 5.14. The molecule has 0 bridgehead atoms. The van der Waals surface area contributed by atoms with Crippen LogP contribution < -0.4 is 10.1 Å². The Morgan fingerprint density at radius 3 is 2.71 bits per heavy atom. The fourth-order valence-corrected chi connectivity index (χ4v) is 3.70. The molecule has 3 nitrogen and oxygen atoms in total. The Bertz CT molecular complexity index is 600. The van der Waals surface area contributed by atoms with Gasteiger partial charge < -0.3 is 10.1 Å². The summed E-state index contributed by atoms with van der Waals surface area (Å²) in [5.41, 5.74) is 1.20. The minimum atomic E-state index is 0.0196. The number of ether oxygens (including phenoxy) is 1. The molecule has 1 saturated heterocycles. The first-order valence-corrected chi connectivity index (χ1v) is 8.56. The van der Waals surface area contributed by atoms with Gasteiger partial charge in [0, 0.05) is 23.1 Å². The van der Waals surface area contributed by atoms with E-state index in [2.05, 4.69) is 66.4 Å². The molecule has 1 fully saturated rings. The van der Waals surface area contributed by atoms with Crippen LogP contribution in [0.25, 0.3) is 0 Å². The fourth-order valence-electron chi connectivity index (χ4n) is 2.62. The summed E-state index contributed by atoms with van der Waals surface area (Å²) in [6, 6.07) is 12.3. The van der Waals surface area contributed by atoms with Gasteiger partial charge in [-0.3, -0.25) is 0 Å². The molecular weight excluding hydrogens is 396 g/mol. The average Bonchev–Trinajstić information content (AvgIpc) is 3.01. The molecule has 0 radical (unpaired) electrons. The lowest BCUT2D eigenvalue weighted by Gasteiger charge is -2.24. The molecule has 0 aliphatic carbocycles. The summed E-state index contributed by atoms with van der Waals surface area (Å²) in [6.07, 6.45) is 2.90. The summed E-state index contributed by atoms with van der Waals surface area (Å²) in [4.78, 5) is 4.38. The first kappa shape index (κ1) is 15.0.